The van der Waals surface area contributed by atoms with Crippen LogP contribution in [0.15, 0.2) is 60.1 Å². The number of rotatable bonds is 7. The van der Waals surface area contributed by atoms with Gasteiger partial charge in [0.15, 0.2) is 5.16 Å². The Hall–Kier alpha value is -2.80. The lowest BCUT2D eigenvalue weighted by Crippen LogP contribution is -2.40. The number of carbonyl (C=O) groups is 1. The number of carbonyl (C=O) groups excluding carboxylic acids is 1. The van der Waals surface area contributed by atoms with Crippen LogP contribution in [0.5, 0.6) is 5.75 Å². The number of piperidine rings is 1. The van der Waals surface area contributed by atoms with Crippen molar-refractivity contribution in [2.45, 2.75) is 37.8 Å². The Balaban J connectivity index is 1.20. The summed E-state index contributed by atoms with van der Waals surface area (Å²) in [6, 6.07) is 12.0. The second-order valence-corrected chi connectivity index (χ2v) is 9.39. The largest absolute Gasteiger partial charge is 0.415 e. The molecule has 32 heavy (non-hydrogen) atoms. The molecule has 0 aliphatic carbocycles. The highest BCUT2D eigenvalue weighted by atomic mass is 32.2. The summed E-state index contributed by atoms with van der Waals surface area (Å²) in [5.41, 5.74) is 3.54. The molecule has 3 aromatic rings. The molecule has 0 unspecified atom stereocenters. The quantitative estimate of drug-likeness (QED) is 0.479. The first kappa shape index (κ1) is 22.4. The van der Waals surface area contributed by atoms with Crippen molar-refractivity contribution in [2.24, 2.45) is 13.0 Å². The summed E-state index contributed by atoms with van der Waals surface area (Å²) in [5, 5.41) is 1.05. The summed E-state index contributed by atoms with van der Waals surface area (Å²) in [6.45, 7) is 3.57. The van der Waals surface area contributed by atoms with E-state index in [1.165, 1.54) is 11.1 Å². The summed E-state index contributed by atoms with van der Waals surface area (Å²) in [7, 11) is 2.02. The normalized spacial score (nSPS) is 14.5. The van der Waals surface area contributed by atoms with E-state index in [0.717, 1.165) is 55.4 Å². The Morgan fingerprint density at radius 2 is 1.88 bits per heavy atom. The maximum Gasteiger partial charge on any atom is 0.415 e. The van der Waals surface area contributed by atoms with Gasteiger partial charge in [-0.25, -0.2) is 9.78 Å². The third-order valence-electron chi connectivity index (χ3n) is 5.87. The van der Waals surface area contributed by atoms with Gasteiger partial charge in [0.2, 0.25) is 0 Å². The molecule has 3 heterocycles. The Morgan fingerprint density at radius 1 is 1.09 bits per heavy atom. The minimum absolute atomic E-state index is 0.253. The topological polar surface area (TPSA) is 60.2 Å². The minimum Gasteiger partial charge on any atom is -0.410 e. The number of ether oxygens (including phenoxy) is 1. The molecule has 1 saturated heterocycles. The van der Waals surface area contributed by atoms with Crippen LogP contribution in [0.25, 0.3) is 0 Å². The lowest BCUT2D eigenvalue weighted by atomic mass is 9.99. The summed E-state index contributed by atoms with van der Waals surface area (Å²) in [5.74, 6) is 2.23. The molecule has 168 valence electrons. The van der Waals surface area contributed by atoms with Crippen molar-refractivity contribution in [3.8, 4) is 5.75 Å². The van der Waals surface area contributed by atoms with Gasteiger partial charge in [-0.3, -0.25) is 4.98 Å². The van der Waals surface area contributed by atoms with Crippen molar-refractivity contribution >= 4 is 17.9 Å². The van der Waals surface area contributed by atoms with Crippen molar-refractivity contribution < 1.29 is 9.53 Å². The Kier molecular flexibility index (Phi) is 7.47. The zero-order valence-corrected chi connectivity index (χ0v) is 19.6. The van der Waals surface area contributed by atoms with Crippen molar-refractivity contribution in [1.82, 2.24) is 19.4 Å². The smallest absolute Gasteiger partial charge is 0.410 e. The van der Waals surface area contributed by atoms with Crippen LogP contribution in [-0.2, 0) is 19.9 Å². The first-order valence-electron chi connectivity index (χ1n) is 11.1. The van der Waals surface area contributed by atoms with E-state index in [1.54, 1.807) is 11.8 Å². The monoisotopic (exact) mass is 450 g/mol. The molecule has 2 aromatic heterocycles. The average Bonchev–Trinajstić information content (AvgIpc) is 3.22. The standard InChI is InChI=1S/C25H30N4O2S/c1-19-9-12-26-22(17-19)6-3-20-4-7-23(8-5-20)31-25(30)29-14-10-21(11-15-29)18-32-24-27-13-16-28(24)2/h4-5,7-9,12-13,16-17,21H,3,6,10-11,14-15,18H2,1-2H3. The van der Waals surface area contributed by atoms with Crippen molar-refractivity contribution in [1.29, 1.82) is 0 Å². The van der Waals surface area contributed by atoms with E-state index in [2.05, 4.69) is 23.0 Å². The zero-order chi connectivity index (χ0) is 22.3. The molecular weight excluding hydrogens is 420 g/mol. The maximum atomic E-state index is 12.6. The van der Waals surface area contributed by atoms with Gasteiger partial charge in [0.25, 0.3) is 0 Å². The summed E-state index contributed by atoms with van der Waals surface area (Å²) in [4.78, 5) is 23.2. The lowest BCUT2D eigenvalue weighted by molar-refractivity contribution is 0.134. The van der Waals surface area contributed by atoms with Crippen LogP contribution in [-0.4, -0.2) is 44.4 Å². The fourth-order valence-corrected chi connectivity index (χ4v) is 4.98. The summed E-state index contributed by atoms with van der Waals surface area (Å²) in [6.07, 6.45) is 9.20. The molecule has 1 fully saturated rings. The number of aromatic nitrogens is 3. The minimum atomic E-state index is -0.253. The molecule has 6 nitrogen and oxygen atoms in total. The van der Waals surface area contributed by atoms with Gasteiger partial charge in [-0.05, 0) is 73.9 Å². The number of likely N-dealkylation sites (tertiary alicyclic amines) is 1. The third kappa shape index (κ3) is 6.13. The van der Waals surface area contributed by atoms with Crippen LogP contribution >= 0.6 is 11.8 Å². The van der Waals surface area contributed by atoms with Crippen LogP contribution in [0.4, 0.5) is 4.79 Å². The van der Waals surface area contributed by atoms with Gasteiger partial charge in [0, 0.05) is 50.2 Å². The average molecular weight is 451 g/mol. The van der Waals surface area contributed by atoms with Gasteiger partial charge < -0.3 is 14.2 Å². The molecule has 1 aliphatic heterocycles. The van der Waals surface area contributed by atoms with E-state index >= 15 is 0 Å². The second-order valence-electron chi connectivity index (χ2n) is 8.40. The fourth-order valence-electron chi connectivity index (χ4n) is 3.86. The van der Waals surface area contributed by atoms with Gasteiger partial charge in [0.05, 0.1) is 0 Å². The maximum absolute atomic E-state index is 12.6. The number of hydrogen-bond donors (Lipinski definition) is 0. The van der Waals surface area contributed by atoms with Gasteiger partial charge in [-0.2, -0.15) is 0 Å². The molecule has 0 N–H and O–H groups in total. The fraction of sp³-hybridized carbons (Fsp3) is 0.400. The van der Waals surface area contributed by atoms with Gasteiger partial charge in [-0.1, -0.05) is 23.9 Å². The summed E-state index contributed by atoms with van der Waals surface area (Å²) < 4.78 is 7.66. The number of hydrogen-bond acceptors (Lipinski definition) is 5. The van der Waals surface area contributed by atoms with Gasteiger partial charge in [0.1, 0.15) is 5.75 Å². The number of aryl methyl sites for hydroxylation is 4. The van der Waals surface area contributed by atoms with Gasteiger partial charge >= 0.3 is 6.09 Å². The van der Waals surface area contributed by atoms with Crippen LogP contribution in [0.3, 0.4) is 0 Å². The second kappa shape index (κ2) is 10.7. The number of amides is 1. The molecule has 0 radical (unpaired) electrons. The Labute approximate surface area is 194 Å². The molecule has 0 atom stereocenters. The van der Waals surface area contributed by atoms with E-state index in [-0.39, 0.29) is 6.09 Å². The molecular formula is C25H30N4O2S. The number of nitrogens with zero attached hydrogens (tertiary/aromatic N) is 4. The third-order valence-corrected chi connectivity index (χ3v) is 7.16. The highest BCUT2D eigenvalue weighted by molar-refractivity contribution is 7.99. The van der Waals surface area contributed by atoms with Crippen molar-refractivity contribution in [2.75, 3.05) is 18.8 Å². The number of pyridine rings is 1. The molecule has 1 aromatic carbocycles. The molecule has 7 heteroatoms. The first-order chi connectivity index (χ1) is 15.6. The highest BCUT2D eigenvalue weighted by Gasteiger charge is 2.24. The highest BCUT2D eigenvalue weighted by Crippen LogP contribution is 2.26. The van der Waals surface area contributed by atoms with E-state index in [1.807, 2.05) is 65.4 Å². The molecule has 0 bridgehead atoms. The molecule has 0 spiro atoms. The van der Waals surface area contributed by atoms with Crippen LogP contribution in [0.2, 0.25) is 0 Å². The molecule has 0 saturated carbocycles. The zero-order valence-electron chi connectivity index (χ0n) is 18.7. The van der Waals surface area contributed by atoms with Gasteiger partial charge in [-0.15, -0.1) is 0 Å². The number of imidazole rings is 1. The lowest BCUT2D eigenvalue weighted by Gasteiger charge is -2.31. The predicted molar refractivity (Wildman–Crippen MR) is 127 cm³/mol. The van der Waals surface area contributed by atoms with E-state index in [4.69, 9.17) is 4.74 Å². The first-order valence-corrected chi connectivity index (χ1v) is 12.1. The van der Waals surface area contributed by atoms with E-state index in [9.17, 15) is 4.79 Å². The molecule has 1 amide bonds. The van der Waals surface area contributed by atoms with Crippen LogP contribution in [0.1, 0.15) is 29.7 Å². The van der Waals surface area contributed by atoms with Crippen LogP contribution in [0, 0.1) is 12.8 Å². The Morgan fingerprint density at radius 3 is 2.56 bits per heavy atom. The SMILES string of the molecule is Cc1ccnc(CCc2ccc(OC(=O)N3CCC(CSc4nccn4C)CC3)cc2)c1. The Bertz CT molecular complexity index is 1030. The van der Waals surface area contributed by atoms with E-state index < -0.39 is 0 Å². The predicted octanol–water partition coefficient (Wildman–Crippen LogP) is 4.91. The van der Waals surface area contributed by atoms with Crippen LogP contribution < -0.4 is 4.74 Å². The van der Waals surface area contributed by atoms with E-state index in [0.29, 0.717) is 11.7 Å². The van der Waals surface area contributed by atoms with Crippen molar-refractivity contribution in [3.05, 3.63) is 71.8 Å². The molecule has 1 aliphatic rings. The summed E-state index contributed by atoms with van der Waals surface area (Å²) >= 11 is 1.79. The number of benzene rings is 1. The molecule has 4 rings (SSSR count). The number of thioether (sulfide) groups is 1. The van der Waals surface area contributed by atoms with Crippen molar-refractivity contribution in [3.63, 3.8) is 0 Å².